The molecule has 0 heterocycles. The second-order valence-electron chi connectivity index (χ2n) is 5.59. The van der Waals surface area contributed by atoms with E-state index in [2.05, 4.69) is 0 Å². The Hall–Kier alpha value is -0.130. The second kappa shape index (κ2) is 6.71. The van der Waals surface area contributed by atoms with Gasteiger partial charge in [0.05, 0.1) is 5.75 Å². The van der Waals surface area contributed by atoms with E-state index in [1.54, 1.807) is 7.05 Å². The van der Waals surface area contributed by atoms with Crippen LogP contribution in [0, 0.1) is 11.3 Å². The third-order valence-electron chi connectivity index (χ3n) is 3.28. The van der Waals surface area contributed by atoms with Crippen LogP contribution in [-0.4, -0.2) is 38.6 Å². The lowest BCUT2D eigenvalue weighted by atomic mass is 9.94. The van der Waals surface area contributed by atoms with E-state index >= 15 is 0 Å². The summed E-state index contributed by atoms with van der Waals surface area (Å²) in [4.78, 5) is 0. The summed E-state index contributed by atoms with van der Waals surface area (Å²) in [5, 5.41) is 0. The molecule has 0 aliphatic heterocycles. The zero-order valence-electron chi connectivity index (χ0n) is 11.9. The molecule has 17 heavy (non-hydrogen) atoms. The fourth-order valence-corrected chi connectivity index (χ4v) is 3.58. The first kappa shape index (κ1) is 16.9. The molecule has 0 saturated carbocycles. The number of nitrogens with two attached hydrogens (primary N) is 1. The Bertz CT molecular complexity index is 308. The summed E-state index contributed by atoms with van der Waals surface area (Å²) >= 11 is 0. The van der Waals surface area contributed by atoms with Gasteiger partial charge in [-0.25, -0.2) is 12.7 Å². The summed E-state index contributed by atoms with van der Waals surface area (Å²) in [6.45, 7) is 9.00. The van der Waals surface area contributed by atoms with Crippen molar-refractivity contribution < 1.29 is 8.42 Å². The van der Waals surface area contributed by atoms with Crippen molar-refractivity contribution in [1.82, 2.24) is 4.31 Å². The molecular weight excluding hydrogens is 236 g/mol. The van der Waals surface area contributed by atoms with Gasteiger partial charge in [-0.1, -0.05) is 40.5 Å². The fraction of sp³-hybridized carbons (Fsp3) is 1.00. The van der Waals surface area contributed by atoms with Crippen molar-refractivity contribution >= 4 is 10.0 Å². The highest BCUT2D eigenvalue weighted by molar-refractivity contribution is 7.89. The highest BCUT2D eigenvalue weighted by atomic mass is 32.2. The first-order valence-electron chi connectivity index (χ1n) is 6.32. The largest absolute Gasteiger partial charge is 0.330 e. The molecule has 0 saturated heterocycles. The van der Waals surface area contributed by atoms with Crippen LogP contribution in [0.3, 0.4) is 0 Å². The van der Waals surface area contributed by atoms with Crippen molar-refractivity contribution in [1.29, 1.82) is 0 Å². The summed E-state index contributed by atoms with van der Waals surface area (Å²) < 4.78 is 25.7. The molecule has 104 valence electrons. The Morgan fingerprint density at radius 1 is 1.24 bits per heavy atom. The normalized spacial score (nSPS) is 13.6. The van der Waals surface area contributed by atoms with Gasteiger partial charge in [0.25, 0.3) is 0 Å². The number of rotatable bonds is 8. The molecule has 5 heteroatoms. The van der Waals surface area contributed by atoms with E-state index in [1.165, 1.54) is 4.31 Å². The van der Waals surface area contributed by atoms with Crippen molar-refractivity contribution in [2.24, 2.45) is 17.1 Å². The van der Waals surface area contributed by atoms with Gasteiger partial charge in [0.2, 0.25) is 10.0 Å². The van der Waals surface area contributed by atoms with Crippen LogP contribution in [0.1, 0.15) is 40.5 Å². The van der Waals surface area contributed by atoms with Crippen LogP contribution in [0.15, 0.2) is 0 Å². The molecule has 0 aromatic carbocycles. The molecule has 0 aliphatic rings. The molecule has 0 aliphatic carbocycles. The molecule has 0 aromatic rings. The number of hydrogen-bond acceptors (Lipinski definition) is 3. The predicted octanol–water partition coefficient (Wildman–Crippen LogP) is 1.67. The minimum atomic E-state index is -3.15. The van der Waals surface area contributed by atoms with Crippen molar-refractivity contribution in [2.75, 3.05) is 25.9 Å². The molecule has 0 aromatic heterocycles. The monoisotopic (exact) mass is 264 g/mol. The van der Waals surface area contributed by atoms with Crippen molar-refractivity contribution in [3.8, 4) is 0 Å². The summed E-state index contributed by atoms with van der Waals surface area (Å²) in [6.07, 6.45) is 1.81. The first-order chi connectivity index (χ1) is 7.68. The maximum absolute atomic E-state index is 12.1. The van der Waals surface area contributed by atoms with Crippen molar-refractivity contribution in [2.45, 2.75) is 40.5 Å². The van der Waals surface area contributed by atoms with E-state index in [4.69, 9.17) is 5.73 Å². The molecule has 2 N–H and O–H groups in total. The zero-order chi connectivity index (χ0) is 13.7. The highest BCUT2D eigenvalue weighted by Gasteiger charge is 2.27. The van der Waals surface area contributed by atoms with Gasteiger partial charge in [-0.3, -0.25) is 0 Å². The standard InChI is InChI=1S/C12H28N2O2S/c1-6-11(7-2)8-17(15,16)14(5)10-12(3,4)9-13/h11H,6-10,13H2,1-5H3. The van der Waals surface area contributed by atoms with Gasteiger partial charge in [0.1, 0.15) is 0 Å². The van der Waals surface area contributed by atoms with E-state index in [1.807, 2.05) is 27.7 Å². The lowest BCUT2D eigenvalue weighted by molar-refractivity contribution is 0.290. The van der Waals surface area contributed by atoms with Crippen molar-refractivity contribution in [3.63, 3.8) is 0 Å². The Labute approximate surface area is 107 Å². The molecule has 0 spiro atoms. The molecule has 0 bridgehead atoms. The van der Waals surface area contributed by atoms with Gasteiger partial charge in [-0.2, -0.15) is 0 Å². The fourth-order valence-electron chi connectivity index (χ4n) is 1.72. The van der Waals surface area contributed by atoms with Crippen LogP contribution in [0.4, 0.5) is 0 Å². The van der Waals surface area contributed by atoms with Crippen LogP contribution in [-0.2, 0) is 10.0 Å². The van der Waals surface area contributed by atoms with Gasteiger partial charge in [-0.05, 0) is 17.9 Å². The van der Waals surface area contributed by atoms with Gasteiger partial charge in [0, 0.05) is 13.6 Å². The van der Waals surface area contributed by atoms with Gasteiger partial charge < -0.3 is 5.73 Å². The van der Waals surface area contributed by atoms with Crippen LogP contribution in [0.5, 0.6) is 0 Å². The minimum Gasteiger partial charge on any atom is -0.330 e. The second-order valence-corrected chi connectivity index (χ2v) is 7.71. The summed E-state index contributed by atoms with van der Waals surface area (Å²) in [5.74, 6) is 0.500. The number of sulfonamides is 1. The average molecular weight is 264 g/mol. The van der Waals surface area contributed by atoms with Gasteiger partial charge in [0.15, 0.2) is 0 Å². The predicted molar refractivity (Wildman–Crippen MR) is 73.3 cm³/mol. The quantitative estimate of drug-likeness (QED) is 0.725. The average Bonchev–Trinajstić information content (AvgIpc) is 2.25. The third-order valence-corrected chi connectivity index (χ3v) is 5.25. The molecule has 4 nitrogen and oxygen atoms in total. The maximum atomic E-state index is 12.1. The van der Waals surface area contributed by atoms with Crippen molar-refractivity contribution in [3.05, 3.63) is 0 Å². The molecule has 0 unspecified atom stereocenters. The Balaban J connectivity index is 4.61. The van der Waals surface area contributed by atoms with E-state index in [0.717, 1.165) is 12.8 Å². The van der Waals surface area contributed by atoms with E-state index < -0.39 is 10.0 Å². The lowest BCUT2D eigenvalue weighted by Gasteiger charge is -2.29. The Kier molecular flexibility index (Phi) is 6.66. The van der Waals surface area contributed by atoms with Crippen LogP contribution in [0.2, 0.25) is 0 Å². The topological polar surface area (TPSA) is 63.4 Å². The molecule has 0 rings (SSSR count). The Morgan fingerprint density at radius 2 is 1.71 bits per heavy atom. The van der Waals surface area contributed by atoms with E-state index in [0.29, 0.717) is 13.1 Å². The summed E-state index contributed by atoms with van der Waals surface area (Å²) in [7, 11) is -1.50. The molecule has 0 atom stereocenters. The summed E-state index contributed by atoms with van der Waals surface area (Å²) in [6, 6.07) is 0. The highest BCUT2D eigenvalue weighted by Crippen LogP contribution is 2.19. The molecular formula is C12H28N2O2S. The summed E-state index contributed by atoms with van der Waals surface area (Å²) in [5.41, 5.74) is 5.46. The van der Waals surface area contributed by atoms with Gasteiger partial charge in [-0.15, -0.1) is 0 Å². The number of hydrogen-bond donors (Lipinski definition) is 1. The lowest BCUT2D eigenvalue weighted by Crippen LogP contribution is -2.41. The van der Waals surface area contributed by atoms with E-state index in [-0.39, 0.29) is 17.1 Å². The van der Waals surface area contributed by atoms with Gasteiger partial charge >= 0.3 is 0 Å². The zero-order valence-corrected chi connectivity index (χ0v) is 12.7. The SMILES string of the molecule is CCC(CC)CS(=O)(=O)N(C)CC(C)(C)CN. The molecule has 0 radical (unpaired) electrons. The maximum Gasteiger partial charge on any atom is 0.214 e. The molecule has 0 amide bonds. The number of nitrogens with zero attached hydrogens (tertiary/aromatic N) is 1. The smallest absolute Gasteiger partial charge is 0.214 e. The van der Waals surface area contributed by atoms with E-state index in [9.17, 15) is 8.42 Å². The van der Waals surface area contributed by atoms with Crippen LogP contribution >= 0.6 is 0 Å². The third kappa shape index (κ3) is 5.84. The van der Waals surface area contributed by atoms with Crippen LogP contribution < -0.4 is 5.73 Å². The first-order valence-corrected chi connectivity index (χ1v) is 7.93. The molecule has 0 fully saturated rings. The Morgan fingerprint density at radius 3 is 2.06 bits per heavy atom. The van der Waals surface area contributed by atoms with Crippen LogP contribution in [0.25, 0.3) is 0 Å². The minimum absolute atomic E-state index is 0.171.